The monoisotopic (exact) mass is 445 g/mol. The number of nitrogens with one attached hydrogen (secondary N) is 1. The Kier molecular flexibility index (Phi) is 6.76. The van der Waals surface area contributed by atoms with Crippen LogP contribution in [0.5, 0.6) is 11.5 Å². The molecule has 30 heavy (non-hydrogen) atoms. The number of hydrazone groups is 1. The van der Waals surface area contributed by atoms with Gasteiger partial charge in [0, 0.05) is 6.20 Å². The van der Waals surface area contributed by atoms with Gasteiger partial charge in [0.05, 0.1) is 29.9 Å². The fourth-order valence-electron chi connectivity index (χ4n) is 2.68. The summed E-state index contributed by atoms with van der Waals surface area (Å²) in [4.78, 5) is 25.0. The number of hydrogen-bond acceptors (Lipinski definition) is 5. The average molecular weight is 446 g/mol. The number of carbonyl (C=O) groups excluding carboxylic acids is 1. The van der Waals surface area contributed by atoms with Crippen LogP contribution in [0.4, 0.5) is 0 Å². The molecule has 1 aromatic heterocycles. The predicted molar refractivity (Wildman–Crippen MR) is 116 cm³/mol. The van der Waals surface area contributed by atoms with E-state index in [1.54, 1.807) is 42.6 Å². The molecule has 3 rings (SSSR count). The van der Waals surface area contributed by atoms with E-state index in [9.17, 15) is 14.7 Å². The number of carbonyl (C=O) groups is 1. The Labute approximate surface area is 182 Å². The van der Waals surface area contributed by atoms with Crippen LogP contribution in [0, 0.1) is 0 Å². The molecule has 2 aromatic carbocycles. The Morgan fingerprint density at radius 2 is 2.00 bits per heavy atom. The number of methoxy groups -OCH3 is 1. The number of phenols is 1. The van der Waals surface area contributed by atoms with Gasteiger partial charge < -0.3 is 14.4 Å². The van der Waals surface area contributed by atoms with Crippen molar-refractivity contribution in [1.29, 1.82) is 0 Å². The summed E-state index contributed by atoms with van der Waals surface area (Å²) in [5.41, 5.74) is 3.08. The lowest BCUT2D eigenvalue weighted by Crippen LogP contribution is -2.30. The first-order chi connectivity index (χ1) is 14.4. The van der Waals surface area contributed by atoms with E-state index >= 15 is 0 Å². The summed E-state index contributed by atoms with van der Waals surface area (Å²) in [6, 6.07) is 12.7. The van der Waals surface area contributed by atoms with Crippen LogP contribution in [0.3, 0.4) is 0 Å². The molecule has 0 aliphatic rings. The summed E-state index contributed by atoms with van der Waals surface area (Å²) in [6.07, 6.45) is 2.92. The molecule has 9 heteroatoms. The largest absolute Gasteiger partial charge is 0.504 e. The third-order valence-corrected chi connectivity index (χ3v) is 4.92. The second-order valence-corrected chi connectivity index (χ2v) is 7.05. The number of ether oxygens (including phenoxy) is 1. The van der Waals surface area contributed by atoms with Crippen LogP contribution in [-0.4, -0.2) is 28.9 Å². The van der Waals surface area contributed by atoms with Gasteiger partial charge in [0.2, 0.25) is 0 Å². The van der Waals surface area contributed by atoms with Gasteiger partial charge in [-0.05, 0) is 53.6 Å². The van der Waals surface area contributed by atoms with Crippen molar-refractivity contribution in [3.63, 3.8) is 0 Å². The van der Waals surface area contributed by atoms with Gasteiger partial charge >= 0.3 is 0 Å². The summed E-state index contributed by atoms with van der Waals surface area (Å²) >= 11 is 11.9. The Hall–Kier alpha value is -3.29. The molecule has 0 radical (unpaired) electrons. The van der Waals surface area contributed by atoms with E-state index in [-0.39, 0.29) is 17.9 Å². The summed E-state index contributed by atoms with van der Waals surface area (Å²) in [5, 5.41) is 14.4. The van der Waals surface area contributed by atoms with Crippen LogP contribution >= 0.6 is 23.2 Å². The van der Waals surface area contributed by atoms with Crippen molar-refractivity contribution in [2.75, 3.05) is 7.11 Å². The molecule has 1 heterocycles. The number of hydrogen-bond donors (Lipinski definition) is 2. The van der Waals surface area contributed by atoms with Gasteiger partial charge in [-0.15, -0.1) is 0 Å². The van der Waals surface area contributed by atoms with Gasteiger partial charge in [0.1, 0.15) is 5.56 Å². The quantitative estimate of drug-likeness (QED) is 0.446. The van der Waals surface area contributed by atoms with Gasteiger partial charge in [-0.25, -0.2) is 5.43 Å². The first-order valence-corrected chi connectivity index (χ1v) is 9.48. The Balaban J connectivity index is 1.73. The second-order valence-electron chi connectivity index (χ2n) is 6.23. The van der Waals surface area contributed by atoms with Crippen molar-refractivity contribution in [1.82, 2.24) is 9.99 Å². The number of halogens is 2. The highest BCUT2D eigenvalue weighted by molar-refractivity contribution is 6.42. The summed E-state index contributed by atoms with van der Waals surface area (Å²) < 4.78 is 6.35. The number of rotatable bonds is 6. The second kappa shape index (κ2) is 9.47. The molecule has 0 saturated carbocycles. The fraction of sp³-hybridized carbons (Fsp3) is 0.0952. The van der Waals surface area contributed by atoms with Crippen molar-refractivity contribution >= 4 is 35.3 Å². The number of phenolic OH excluding ortho intramolecular Hbond substituents is 1. The fourth-order valence-corrected chi connectivity index (χ4v) is 3.00. The predicted octanol–water partition coefficient (Wildman–Crippen LogP) is 3.68. The van der Waals surface area contributed by atoms with Crippen molar-refractivity contribution in [2.45, 2.75) is 6.54 Å². The number of aromatic hydroxyl groups is 1. The first kappa shape index (κ1) is 21.4. The molecular weight excluding hydrogens is 429 g/mol. The molecule has 0 spiro atoms. The molecule has 154 valence electrons. The van der Waals surface area contributed by atoms with Gasteiger partial charge in [-0.2, -0.15) is 5.10 Å². The number of pyridine rings is 1. The molecule has 0 unspecified atom stereocenters. The standard InChI is InChI=1S/C21H17Cl2N3O4/c1-30-19-7-5-13(10-18(19)27)11-24-25-20(28)15-3-2-8-26(21(15)29)12-14-4-6-16(22)17(23)9-14/h2-11,27H,12H2,1H3,(H,25,28)/b24-11-. The minimum absolute atomic E-state index is 0.0546. The molecule has 0 atom stereocenters. The zero-order valence-corrected chi connectivity index (χ0v) is 17.3. The molecule has 0 aliphatic heterocycles. The SMILES string of the molecule is COc1ccc(/C=N\NC(=O)c2cccn(Cc3ccc(Cl)c(Cl)c3)c2=O)cc1O. The van der Waals surface area contributed by atoms with Crippen molar-refractivity contribution < 1.29 is 14.6 Å². The minimum Gasteiger partial charge on any atom is -0.504 e. The summed E-state index contributed by atoms with van der Waals surface area (Å²) in [7, 11) is 1.44. The molecular formula is C21H17Cl2N3O4. The lowest BCUT2D eigenvalue weighted by atomic mass is 10.2. The molecule has 2 N–H and O–H groups in total. The molecule has 7 nitrogen and oxygen atoms in total. The number of aromatic nitrogens is 1. The lowest BCUT2D eigenvalue weighted by molar-refractivity contribution is 0.0953. The van der Waals surface area contributed by atoms with Crippen LogP contribution in [0.1, 0.15) is 21.5 Å². The highest BCUT2D eigenvalue weighted by atomic mass is 35.5. The molecule has 0 saturated heterocycles. The van der Waals surface area contributed by atoms with Crippen molar-refractivity contribution in [3.05, 3.63) is 91.8 Å². The number of amides is 1. The maximum Gasteiger partial charge on any atom is 0.276 e. The van der Waals surface area contributed by atoms with Gasteiger partial charge in [-0.3, -0.25) is 9.59 Å². The lowest BCUT2D eigenvalue weighted by Gasteiger charge is -2.08. The average Bonchev–Trinajstić information content (AvgIpc) is 2.72. The van der Waals surface area contributed by atoms with E-state index in [4.69, 9.17) is 27.9 Å². The van der Waals surface area contributed by atoms with Crippen molar-refractivity contribution in [2.24, 2.45) is 5.10 Å². The Bertz CT molecular complexity index is 1180. The maximum absolute atomic E-state index is 12.7. The zero-order chi connectivity index (χ0) is 21.7. The molecule has 3 aromatic rings. The van der Waals surface area contributed by atoms with Gasteiger partial charge in [0.25, 0.3) is 11.5 Å². The summed E-state index contributed by atoms with van der Waals surface area (Å²) in [5.74, 6) is -0.388. The highest BCUT2D eigenvalue weighted by Gasteiger charge is 2.12. The zero-order valence-electron chi connectivity index (χ0n) is 15.8. The van der Waals surface area contributed by atoms with Gasteiger partial charge in [-0.1, -0.05) is 29.3 Å². The van der Waals surface area contributed by atoms with Crippen LogP contribution in [-0.2, 0) is 6.54 Å². The van der Waals surface area contributed by atoms with E-state index in [0.29, 0.717) is 21.4 Å². The molecule has 0 fully saturated rings. The van der Waals surface area contributed by atoms with E-state index in [2.05, 4.69) is 10.5 Å². The maximum atomic E-state index is 12.7. The molecule has 0 aliphatic carbocycles. The number of benzene rings is 2. The van der Waals surface area contributed by atoms with Crippen LogP contribution < -0.4 is 15.7 Å². The molecule has 1 amide bonds. The topological polar surface area (TPSA) is 92.9 Å². The third-order valence-electron chi connectivity index (χ3n) is 4.18. The number of nitrogens with zero attached hydrogens (tertiary/aromatic N) is 2. The Morgan fingerprint density at radius 1 is 1.20 bits per heavy atom. The Morgan fingerprint density at radius 3 is 2.70 bits per heavy atom. The van der Waals surface area contributed by atoms with E-state index in [0.717, 1.165) is 5.56 Å². The van der Waals surface area contributed by atoms with Crippen LogP contribution in [0.2, 0.25) is 10.0 Å². The van der Waals surface area contributed by atoms with Crippen LogP contribution in [0.25, 0.3) is 0 Å². The third kappa shape index (κ3) is 5.00. The molecule has 0 bridgehead atoms. The minimum atomic E-state index is -0.655. The highest BCUT2D eigenvalue weighted by Crippen LogP contribution is 2.25. The van der Waals surface area contributed by atoms with E-state index < -0.39 is 11.5 Å². The van der Waals surface area contributed by atoms with E-state index in [1.807, 2.05) is 0 Å². The first-order valence-electron chi connectivity index (χ1n) is 8.73. The van der Waals surface area contributed by atoms with Crippen LogP contribution in [0.15, 0.2) is 64.6 Å². The van der Waals surface area contributed by atoms with Crippen molar-refractivity contribution in [3.8, 4) is 11.5 Å². The van der Waals surface area contributed by atoms with E-state index in [1.165, 1.54) is 30.0 Å². The summed E-state index contributed by atoms with van der Waals surface area (Å²) in [6.45, 7) is 0.227. The van der Waals surface area contributed by atoms with Gasteiger partial charge in [0.15, 0.2) is 11.5 Å². The smallest absolute Gasteiger partial charge is 0.276 e. The normalized spacial score (nSPS) is 10.9.